The van der Waals surface area contributed by atoms with Crippen molar-refractivity contribution in [1.82, 2.24) is 10.2 Å². The molecule has 0 unspecified atom stereocenters. The average molecular weight is 571 g/mol. The topological polar surface area (TPSA) is 35.5 Å². The molecule has 0 radical (unpaired) electrons. The molecule has 126 valence electrons. The molecule has 1 aromatic carbocycles. The highest BCUT2D eigenvalue weighted by Crippen LogP contribution is 2.43. The highest BCUT2D eigenvalue weighted by molar-refractivity contribution is 14.1. The Morgan fingerprint density at radius 2 is 1.82 bits per heavy atom. The van der Waals surface area contributed by atoms with Crippen molar-refractivity contribution in [3.05, 3.63) is 24.8 Å². The normalized spacial score (nSPS) is 19.9. The van der Waals surface area contributed by atoms with Gasteiger partial charge in [-0.2, -0.15) is 0 Å². The molecule has 0 spiro atoms. The summed E-state index contributed by atoms with van der Waals surface area (Å²) in [4.78, 5) is 2.55. The van der Waals surface area contributed by atoms with E-state index in [2.05, 4.69) is 61.5 Å². The molecule has 1 heterocycles. The first kappa shape index (κ1) is 21.0. The van der Waals surface area contributed by atoms with Crippen LogP contribution in [0.1, 0.15) is 30.9 Å². The number of benzene rings is 1. The summed E-state index contributed by atoms with van der Waals surface area (Å²) in [6, 6.07) is 4.60. The molecule has 1 aliphatic heterocycles. The molecule has 1 saturated heterocycles. The number of hydrogen-bond acceptors (Lipinski definition) is 3. The molecule has 3 rings (SSSR count). The minimum Gasteiger partial charge on any atom is -0.506 e. The van der Waals surface area contributed by atoms with Crippen LogP contribution in [-0.4, -0.2) is 36.2 Å². The maximum atomic E-state index is 10.5. The van der Waals surface area contributed by atoms with Gasteiger partial charge < -0.3 is 10.4 Å². The van der Waals surface area contributed by atoms with Crippen molar-refractivity contribution < 1.29 is 5.11 Å². The van der Waals surface area contributed by atoms with Gasteiger partial charge in [0.1, 0.15) is 5.75 Å². The average Bonchev–Trinajstić information content (AvgIpc) is 3.25. The van der Waals surface area contributed by atoms with Crippen molar-refractivity contribution in [2.45, 2.75) is 25.3 Å². The molecular formula is C15H22Cl2I2N2O. The summed E-state index contributed by atoms with van der Waals surface area (Å²) in [7, 11) is 0. The first-order valence-electron chi connectivity index (χ1n) is 7.28. The smallest absolute Gasteiger partial charge is 0.133 e. The number of phenols is 1. The van der Waals surface area contributed by atoms with Crippen LogP contribution in [0.5, 0.6) is 5.75 Å². The third-order valence-electron chi connectivity index (χ3n) is 4.26. The predicted molar refractivity (Wildman–Crippen MR) is 113 cm³/mol. The van der Waals surface area contributed by atoms with E-state index in [4.69, 9.17) is 0 Å². The predicted octanol–water partition coefficient (Wildman–Crippen LogP) is 4.19. The summed E-state index contributed by atoms with van der Waals surface area (Å²) in [5, 5.41) is 13.9. The molecule has 1 atom stereocenters. The maximum absolute atomic E-state index is 10.5. The highest BCUT2D eigenvalue weighted by Gasteiger charge is 2.32. The zero-order valence-electron chi connectivity index (χ0n) is 12.2. The summed E-state index contributed by atoms with van der Waals surface area (Å²) >= 11 is 4.60. The Balaban J connectivity index is 0.00000121. The van der Waals surface area contributed by atoms with Crippen LogP contribution in [0.3, 0.4) is 0 Å². The van der Waals surface area contributed by atoms with Gasteiger partial charge in [-0.05, 0) is 69.7 Å². The van der Waals surface area contributed by atoms with Crippen molar-refractivity contribution in [1.29, 1.82) is 0 Å². The van der Waals surface area contributed by atoms with Gasteiger partial charge in [0, 0.05) is 41.4 Å². The first-order chi connectivity index (χ1) is 9.65. The van der Waals surface area contributed by atoms with Crippen molar-refractivity contribution in [2.75, 3.05) is 26.2 Å². The van der Waals surface area contributed by atoms with Gasteiger partial charge in [-0.3, -0.25) is 4.90 Å². The van der Waals surface area contributed by atoms with Gasteiger partial charge >= 0.3 is 0 Å². The maximum Gasteiger partial charge on any atom is 0.133 e. The van der Waals surface area contributed by atoms with Crippen LogP contribution in [-0.2, 0) is 0 Å². The van der Waals surface area contributed by atoms with Gasteiger partial charge in [-0.15, -0.1) is 24.8 Å². The number of phenolic OH excluding ortho intramolecular Hbond substituents is 1. The second-order valence-corrected chi connectivity index (χ2v) is 8.21. The molecule has 1 aromatic rings. The van der Waals surface area contributed by atoms with E-state index in [1.807, 2.05) is 6.07 Å². The Morgan fingerprint density at radius 1 is 1.18 bits per heavy atom. The molecule has 22 heavy (non-hydrogen) atoms. The van der Waals surface area contributed by atoms with E-state index in [9.17, 15) is 5.11 Å². The van der Waals surface area contributed by atoms with Crippen LogP contribution in [0, 0.1) is 13.1 Å². The van der Waals surface area contributed by atoms with Crippen LogP contribution >= 0.6 is 70.0 Å². The standard InChI is InChI=1S/C15H20I2N2O.2ClH/c16-11-8-12(15(20)13(17)9-11)14(7-10-1-2-10)19-5-3-18-4-6-19;;/h8-10,14,18,20H,1-7H2;2*1H/t14-;;/m0../s1. The number of aromatic hydroxyl groups is 1. The fourth-order valence-corrected chi connectivity index (χ4v) is 4.87. The lowest BCUT2D eigenvalue weighted by Crippen LogP contribution is -2.45. The Kier molecular flexibility index (Phi) is 9.04. The van der Waals surface area contributed by atoms with Crippen LogP contribution < -0.4 is 5.32 Å². The van der Waals surface area contributed by atoms with E-state index in [0.29, 0.717) is 11.8 Å². The highest BCUT2D eigenvalue weighted by atomic mass is 127. The van der Waals surface area contributed by atoms with E-state index in [1.54, 1.807) is 0 Å². The Labute approximate surface area is 172 Å². The minimum absolute atomic E-state index is 0. The minimum atomic E-state index is 0. The molecule has 0 bridgehead atoms. The van der Waals surface area contributed by atoms with Crippen molar-refractivity contribution in [3.8, 4) is 5.75 Å². The number of nitrogens with one attached hydrogen (secondary N) is 1. The Bertz CT molecular complexity index is 495. The van der Waals surface area contributed by atoms with E-state index in [0.717, 1.165) is 41.2 Å². The van der Waals surface area contributed by atoms with Gasteiger partial charge in [0.15, 0.2) is 0 Å². The largest absolute Gasteiger partial charge is 0.506 e. The summed E-state index contributed by atoms with van der Waals surface area (Å²) in [6.07, 6.45) is 3.93. The number of rotatable bonds is 4. The fourth-order valence-electron chi connectivity index (χ4n) is 2.98. The summed E-state index contributed by atoms with van der Waals surface area (Å²) in [6.45, 7) is 4.28. The van der Waals surface area contributed by atoms with Gasteiger partial charge in [0.25, 0.3) is 0 Å². The summed E-state index contributed by atoms with van der Waals surface area (Å²) < 4.78 is 2.19. The quantitative estimate of drug-likeness (QED) is 0.533. The molecule has 1 aliphatic carbocycles. The molecule has 2 fully saturated rings. The lowest BCUT2D eigenvalue weighted by atomic mass is 9.98. The first-order valence-corrected chi connectivity index (χ1v) is 9.43. The molecule has 7 heteroatoms. The number of nitrogens with zero attached hydrogens (tertiary/aromatic N) is 1. The van der Waals surface area contributed by atoms with Crippen molar-refractivity contribution >= 4 is 70.0 Å². The third kappa shape index (κ3) is 5.24. The molecule has 2 N–H and O–H groups in total. The van der Waals surface area contributed by atoms with Gasteiger partial charge in [0.2, 0.25) is 0 Å². The van der Waals surface area contributed by atoms with Gasteiger partial charge in [-0.25, -0.2) is 0 Å². The van der Waals surface area contributed by atoms with E-state index in [1.165, 1.54) is 22.8 Å². The number of halogens is 4. The number of piperazine rings is 1. The molecule has 2 aliphatic rings. The molecule has 0 amide bonds. The fraction of sp³-hybridized carbons (Fsp3) is 0.600. The van der Waals surface area contributed by atoms with E-state index in [-0.39, 0.29) is 24.8 Å². The second kappa shape index (κ2) is 9.46. The second-order valence-electron chi connectivity index (χ2n) is 5.81. The zero-order chi connectivity index (χ0) is 14.1. The van der Waals surface area contributed by atoms with Crippen LogP contribution in [0.4, 0.5) is 0 Å². The monoisotopic (exact) mass is 570 g/mol. The Morgan fingerprint density at radius 3 is 2.41 bits per heavy atom. The third-order valence-corrected chi connectivity index (χ3v) is 5.71. The molecule has 3 nitrogen and oxygen atoms in total. The van der Waals surface area contributed by atoms with Crippen molar-refractivity contribution in [3.63, 3.8) is 0 Å². The lowest BCUT2D eigenvalue weighted by molar-refractivity contribution is 0.158. The SMILES string of the molecule is Cl.Cl.Oc1c(I)cc(I)cc1[C@H](CC1CC1)N1CCNCC1. The van der Waals surface area contributed by atoms with E-state index >= 15 is 0 Å². The Hall–Kier alpha value is 0.980. The van der Waals surface area contributed by atoms with Crippen molar-refractivity contribution in [2.24, 2.45) is 5.92 Å². The van der Waals surface area contributed by atoms with Crippen LogP contribution in [0.2, 0.25) is 0 Å². The molecule has 0 aromatic heterocycles. The lowest BCUT2D eigenvalue weighted by Gasteiger charge is -2.36. The van der Waals surface area contributed by atoms with Crippen LogP contribution in [0.15, 0.2) is 12.1 Å². The van der Waals surface area contributed by atoms with E-state index < -0.39 is 0 Å². The number of hydrogen-bond donors (Lipinski definition) is 2. The molecule has 1 saturated carbocycles. The zero-order valence-corrected chi connectivity index (χ0v) is 18.2. The van der Waals surface area contributed by atoms with Gasteiger partial charge in [0.05, 0.1) is 3.57 Å². The van der Waals surface area contributed by atoms with Gasteiger partial charge in [-0.1, -0.05) is 12.8 Å². The molecular weight excluding hydrogens is 549 g/mol. The van der Waals surface area contributed by atoms with Crippen LogP contribution in [0.25, 0.3) is 0 Å². The summed E-state index contributed by atoms with van der Waals surface area (Å²) in [5.74, 6) is 1.36. The summed E-state index contributed by atoms with van der Waals surface area (Å²) in [5.41, 5.74) is 1.13.